The number of hydrogen-bond donors (Lipinski definition) is 2. The number of thiophene rings is 1. The Morgan fingerprint density at radius 2 is 1.77 bits per heavy atom. The van der Waals surface area contributed by atoms with Crippen LogP contribution in [0.25, 0.3) is 0 Å². The highest BCUT2D eigenvalue weighted by Gasteiger charge is 2.54. The summed E-state index contributed by atoms with van der Waals surface area (Å²) in [6, 6.07) is 0. The Hall–Kier alpha value is -1.89. The van der Waals surface area contributed by atoms with Gasteiger partial charge in [-0.3, -0.25) is 9.59 Å². The van der Waals surface area contributed by atoms with Crippen LogP contribution in [0.1, 0.15) is 67.3 Å². The van der Waals surface area contributed by atoms with Gasteiger partial charge in [0.15, 0.2) is 0 Å². The molecule has 0 aliphatic heterocycles. The van der Waals surface area contributed by atoms with Gasteiger partial charge in [-0.15, -0.1) is 11.3 Å². The molecule has 2 saturated carbocycles. The molecule has 7 heteroatoms. The van der Waals surface area contributed by atoms with Crippen molar-refractivity contribution in [2.75, 3.05) is 12.4 Å². The van der Waals surface area contributed by atoms with E-state index in [2.05, 4.69) is 26.1 Å². The van der Waals surface area contributed by atoms with Crippen molar-refractivity contribution < 1.29 is 24.2 Å². The summed E-state index contributed by atoms with van der Waals surface area (Å²) in [5.41, 5.74) is 1.63. The van der Waals surface area contributed by atoms with E-state index in [1.165, 1.54) is 18.4 Å². The molecule has 3 aliphatic carbocycles. The molecule has 0 radical (unpaired) electrons. The highest BCUT2D eigenvalue weighted by molar-refractivity contribution is 7.17. The average molecular weight is 434 g/mol. The first-order chi connectivity index (χ1) is 14.1. The van der Waals surface area contributed by atoms with Crippen molar-refractivity contribution in [1.29, 1.82) is 0 Å². The smallest absolute Gasteiger partial charge is 0.341 e. The first-order valence-corrected chi connectivity index (χ1v) is 11.7. The molecule has 30 heavy (non-hydrogen) atoms. The summed E-state index contributed by atoms with van der Waals surface area (Å²) < 4.78 is 5.03. The molecule has 164 valence electrons. The molecule has 0 unspecified atom stereocenters. The number of ether oxygens (including phenoxy) is 1. The molecule has 2 bridgehead atoms. The number of esters is 1. The number of carboxylic acids is 1. The summed E-state index contributed by atoms with van der Waals surface area (Å²) in [4.78, 5) is 38.7. The Labute approximate surface area is 181 Å². The molecule has 1 heterocycles. The van der Waals surface area contributed by atoms with Crippen molar-refractivity contribution in [3.05, 3.63) is 16.0 Å². The van der Waals surface area contributed by atoms with E-state index in [1.807, 2.05) is 0 Å². The van der Waals surface area contributed by atoms with Crippen molar-refractivity contribution in [3.63, 3.8) is 0 Å². The number of carbonyl (C=O) groups excluding carboxylic acids is 2. The minimum absolute atomic E-state index is 0.0902. The minimum atomic E-state index is -0.881. The van der Waals surface area contributed by atoms with Gasteiger partial charge in [-0.2, -0.15) is 0 Å². The summed E-state index contributed by atoms with van der Waals surface area (Å²) >= 11 is 1.46. The monoisotopic (exact) mass is 433 g/mol. The van der Waals surface area contributed by atoms with E-state index in [1.54, 1.807) is 0 Å². The number of methoxy groups -OCH3 is 1. The lowest BCUT2D eigenvalue weighted by Crippen LogP contribution is -2.38. The van der Waals surface area contributed by atoms with Gasteiger partial charge in [-0.25, -0.2) is 4.79 Å². The van der Waals surface area contributed by atoms with Crippen LogP contribution in [-0.2, 0) is 27.2 Å². The summed E-state index contributed by atoms with van der Waals surface area (Å²) in [5, 5.41) is 13.2. The van der Waals surface area contributed by atoms with E-state index in [0.29, 0.717) is 16.5 Å². The lowest BCUT2D eigenvalue weighted by molar-refractivity contribution is -0.148. The minimum Gasteiger partial charge on any atom is -0.481 e. The zero-order valence-electron chi connectivity index (χ0n) is 18.1. The Bertz CT molecular complexity index is 883. The van der Waals surface area contributed by atoms with Crippen LogP contribution in [0.3, 0.4) is 0 Å². The SMILES string of the molecule is COC(=O)c1c(NC(=O)[C@H]2[C@H]3CC[C@@H](C3)[C@@H]2C(=O)O)sc2c1CC[C@@H](C(C)(C)C)C2. The van der Waals surface area contributed by atoms with Crippen molar-refractivity contribution in [1.82, 2.24) is 0 Å². The van der Waals surface area contributed by atoms with Crippen LogP contribution in [0.4, 0.5) is 5.00 Å². The topological polar surface area (TPSA) is 92.7 Å². The van der Waals surface area contributed by atoms with Crippen LogP contribution < -0.4 is 5.32 Å². The van der Waals surface area contributed by atoms with E-state index in [0.717, 1.165) is 49.0 Å². The van der Waals surface area contributed by atoms with Crippen LogP contribution in [0, 0.1) is 35.0 Å². The predicted octanol–water partition coefficient (Wildman–Crippen LogP) is 4.37. The summed E-state index contributed by atoms with van der Waals surface area (Å²) in [6.45, 7) is 6.71. The van der Waals surface area contributed by atoms with Gasteiger partial charge in [0, 0.05) is 4.88 Å². The molecule has 1 amide bonds. The number of hydrogen-bond acceptors (Lipinski definition) is 5. The molecule has 0 saturated heterocycles. The predicted molar refractivity (Wildman–Crippen MR) is 115 cm³/mol. The maximum atomic E-state index is 13.2. The lowest BCUT2D eigenvalue weighted by atomic mass is 9.72. The standard InChI is InChI=1S/C23H31NO5S/c1-23(2,3)13-7-8-14-15(10-13)30-20(18(14)22(28)29-4)24-19(25)16-11-5-6-12(9-11)17(16)21(26)27/h11-13,16-17H,5-10H2,1-4H3,(H,24,25)(H,26,27)/t11-,12-,13+,16-,17-/m0/s1. The van der Waals surface area contributed by atoms with Gasteiger partial charge in [0.1, 0.15) is 5.00 Å². The first kappa shape index (κ1) is 21.3. The van der Waals surface area contributed by atoms with Crippen molar-refractivity contribution >= 4 is 34.2 Å². The second-order valence-corrected chi connectivity index (χ2v) is 11.3. The molecular formula is C23H31NO5S. The van der Waals surface area contributed by atoms with Crippen molar-refractivity contribution in [3.8, 4) is 0 Å². The van der Waals surface area contributed by atoms with Crippen LogP contribution >= 0.6 is 11.3 Å². The number of aliphatic carboxylic acids is 1. The number of amides is 1. The van der Waals surface area contributed by atoms with E-state index >= 15 is 0 Å². The summed E-state index contributed by atoms with van der Waals surface area (Å²) in [7, 11) is 1.36. The Morgan fingerprint density at radius 3 is 2.37 bits per heavy atom. The normalized spacial score (nSPS) is 30.1. The quantitative estimate of drug-likeness (QED) is 0.688. The van der Waals surface area contributed by atoms with Gasteiger partial charge in [0.25, 0.3) is 0 Å². The van der Waals surface area contributed by atoms with E-state index < -0.39 is 23.8 Å². The molecule has 6 nitrogen and oxygen atoms in total. The second-order valence-electron chi connectivity index (χ2n) is 10.2. The Morgan fingerprint density at radius 1 is 1.10 bits per heavy atom. The maximum Gasteiger partial charge on any atom is 0.341 e. The van der Waals surface area contributed by atoms with Gasteiger partial charge < -0.3 is 15.2 Å². The van der Waals surface area contributed by atoms with E-state index in [9.17, 15) is 19.5 Å². The molecule has 1 aromatic heterocycles. The van der Waals surface area contributed by atoms with E-state index in [-0.39, 0.29) is 23.2 Å². The zero-order chi connectivity index (χ0) is 21.8. The number of nitrogens with one attached hydrogen (secondary N) is 1. The highest BCUT2D eigenvalue weighted by atomic mass is 32.1. The number of carbonyl (C=O) groups is 3. The molecule has 1 aromatic rings. The van der Waals surface area contributed by atoms with Crippen LogP contribution in [0.15, 0.2) is 0 Å². The van der Waals surface area contributed by atoms with Gasteiger partial charge in [0.2, 0.25) is 5.91 Å². The Kier molecular flexibility index (Phi) is 5.45. The number of carboxylic acid groups (broad SMARTS) is 1. The molecule has 3 aliphatic rings. The van der Waals surface area contributed by atoms with Crippen LogP contribution in [0.5, 0.6) is 0 Å². The van der Waals surface area contributed by atoms with Gasteiger partial charge in [0.05, 0.1) is 24.5 Å². The summed E-state index contributed by atoms with van der Waals surface area (Å²) in [5.74, 6) is -1.98. The summed E-state index contributed by atoms with van der Waals surface area (Å²) in [6.07, 6.45) is 5.28. The molecular weight excluding hydrogens is 402 g/mol. The van der Waals surface area contributed by atoms with Gasteiger partial charge in [-0.1, -0.05) is 20.8 Å². The van der Waals surface area contributed by atoms with Crippen molar-refractivity contribution in [2.24, 2.45) is 35.0 Å². The molecule has 2 N–H and O–H groups in total. The van der Waals surface area contributed by atoms with E-state index in [4.69, 9.17) is 4.74 Å². The first-order valence-electron chi connectivity index (χ1n) is 10.9. The molecule has 0 spiro atoms. The lowest BCUT2D eigenvalue weighted by Gasteiger charge is -2.33. The highest BCUT2D eigenvalue weighted by Crippen LogP contribution is 2.53. The average Bonchev–Trinajstić information content (AvgIpc) is 3.38. The second kappa shape index (κ2) is 7.66. The number of anilines is 1. The van der Waals surface area contributed by atoms with Crippen molar-refractivity contribution in [2.45, 2.75) is 59.3 Å². The zero-order valence-corrected chi connectivity index (χ0v) is 18.9. The largest absolute Gasteiger partial charge is 0.481 e. The number of rotatable bonds is 4. The fourth-order valence-electron chi connectivity index (χ4n) is 5.95. The fraction of sp³-hybridized carbons (Fsp3) is 0.696. The maximum absolute atomic E-state index is 13.2. The molecule has 4 rings (SSSR count). The third kappa shape index (κ3) is 3.55. The van der Waals surface area contributed by atoms with Gasteiger partial charge in [-0.05, 0) is 67.3 Å². The Balaban J connectivity index is 1.63. The molecule has 2 fully saturated rings. The number of fused-ring (bicyclic) bond motifs is 3. The molecule has 5 atom stereocenters. The van der Waals surface area contributed by atoms with Crippen LogP contribution in [0.2, 0.25) is 0 Å². The third-order valence-corrected chi connectivity index (χ3v) is 8.79. The third-order valence-electron chi connectivity index (χ3n) is 7.62. The van der Waals surface area contributed by atoms with Gasteiger partial charge >= 0.3 is 11.9 Å². The fourth-order valence-corrected chi connectivity index (χ4v) is 7.27. The van der Waals surface area contributed by atoms with Crippen LogP contribution in [-0.4, -0.2) is 30.1 Å². The molecule has 0 aromatic carbocycles.